The van der Waals surface area contributed by atoms with E-state index in [2.05, 4.69) is 13.8 Å². The molecule has 1 heterocycles. The summed E-state index contributed by atoms with van der Waals surface area (Å²) < 4.78 is 5.21. The minimum atomic E-state index is -0.305. The Morgan fingerprint density at radius 1 is 1.31 bits per heavy atom. The van der Waals surface area contributed by atoms with Crippen LogP contribution in [0.5, 0.6) is 0 Å². The molecule has 3 nitrogen and oxygen atoms in total. The molecule has 0 bridgehead atoms. The molecule has 0 fully saturated rings. The molecular formula is C12H19NO2S. The highest BCUT2D eigenvalue weighted by molar-refractivity contribution is 7.16. The molecule has 0 amide bonds. The van der Waals surface area contributed by atoms with Crippen molar-refractivity contribution >= 4 is 22.3 Å². The molecule has 0 unspecified atom stereocenters. The maximum atomic E-state index is 11.9. The van der Waals surface area contributed by atoms with Crippen molar-refractivity contribution in [2.24, 2.45) is 0 Å². The van der Waals surface area contributed by atoms with Gasteiger partial charge >= 0.3 is 5.97 Å². The van der Waals surface area contributed by atoms with Gasteiger partial charge in [0.1, 0.15) is 5.00 Å². The summed E-state index contributed by atoms with van der Waals surface area (Å²) in [5, 5.41) is 0.562. The number of hydrogen-bond acceptors (Lipinski definition) is 4. The summed E-state index contributed by atoms with van der Waals surface area (Å²) in [4.78, 5) is 13.0. The summed E-state index contributed by atoms with van der Waals surface area (Å²) in [6.45, 7) is 9.77. The lowest BCUT2D eigenvalue weighted by Crippen LogP contribution is -2.14. The van der Waals surface area contributed by atoms with E-state index in [-0.39, 0.29) is 18.0 Å². The fourth-order valence-corrected chi connectivity index (χ4v) is 2.83. The lowest BCUT2D eigenvalue weighted by molar-refractivity contribution is 0.0378. The van der Waals surface area contributed by atoms with Gasteiger partial charge in [0.2, 0.25) is 0 Å². The van der Waals surface area contributed by atoms with Crippen LogP contribution in [0, 0.1) is 6.92 Å². The second-order valence-electron chi connectivity index (χ2n) is 4.42. The molecule has 4 heteroatoms. The molecule has 0 radical (unpaired) electrons. The Morgan fingerprint density at radius 2 is 1.88 bits per heavy atom. The van der Waals surface area contributed by atoms with Gasteiger partial charge in [-0.3, -0.25) is 0 Å². The molecule has 2 N–H and O–H groups in total. The number of nitrogen functional groups attached to an aromatic ring is 1. The fourth-order valence-electron chi connectivity index (χ4n) is 1.76. The van der Waals surface area contributed by atoms with Crippen molar-refractivity contribution < 1.29 is 9.53 Å². The molecule has 0 atom stereocenters. The fraction of sp³-hybridized carbons (Fsp3) is 0.583. The molecule has 0 aliphatic rings. The normalized spacial score (nSPS) is 11.2. The van der Waals surface area contributed by atoms with Crippen LogP contribution >= 0.6 is 11.3 Å². The number of rotatable bonds is 3. The molecule has 1 aromatic rings. The van der Waals surface area contributed by atoms with Crippen LogP contribution in [-0.4, -0.2) is 12.1 Å². The molecule has 0 saturated carbocycles. The Hall–Kier alpha value is -1.03. The molecular weight excluding hydrogens is 222 g/mol. The van der Waals surface area contributed by atoms with Crippen LogP contribution in [0.15, 0.2) is 0 Å². The highest BCUT2D eigenvalue weighted by Gasteiger charge is 2.23. The van der Waals surface area contributed by atoms with Crippen molar-refractivity contribution in [1.29, 1.82) is 0 Å². The number of anilines is 1. The average molecular weight is 241 g/mol. The molecule has 0 saturated heterocycles. The van der Waals surface area contributed by atoms with E-state index in [1.54, 1.807) is 0 Å². The van der Waals surface area contributed by atoms with Crippen molar-refractivity contribution in [3.63, 3.8) is 0 Å². The van der Waals surface area contributed by atoms with Crippen LogP contribution < -0.4 is 5.73 Å². The van der Waals surface area contributed by atoms with Crippen molar-refractivity contribution in [3.05, 3.63) is 16.0 Å². The number of carbonyl (C=O) groups is 1. The van der Waals surface area contributed by atoms with Gasteiger partial charge in [0.05, 0.1) is 11.7 Å². The molecule has 0 aliphatic heterocycles. The van der Waals surface area contributed by atoms with E-state index in [0.29, 0.717) is 10.6 Å². The summed E-state index contributed by atoms with van der Waals surface area (Å²) in [5.74, 6) is -0.0242. The number of esters is 1. The summed E-state index contributed by atoms with van der Waals surface area (Å²) >= 11 is 1.46. The number of nitrogens with two attached hydrogens (primary N) is 1. The predicted molar refractivity (Wildman–Crippen MR) is 68.1 cm³/mol. The lowest BCUT2D eigenvalue weighted by Gasteiger charge is -2.11. The molecule has 90 valence electrons. The maximum Gasteiger partial charge on any atom is 0.341 e. The first-order chi connectivity index (χ1) is 7.34. The molecule has 16 heavy (non-hydrogen) atoms. The van der Waals surface area contributed by atoms with E-state index in [1.807, 2.05) is 20.8 Å². The topological polar surface area (TPSA) is 52.3 Å². The molecule has 0 aliphatic carbocycles. The molecule has 0 spiro atoms. The molecule has 1 rings (SSSR count). The van der Waals surface area contributed by atoms with E-state index in [4.69, 9.17) is 10.5 Å². The first-order valence-corrected chi connectivity index (χ1v) is 6.26. The van der Waals surface area contributed by atoms with Gasteiger partial charge in [-0.25, -0.2) is 4.79 Å². The van der Waals surface area contributed by atoms with Gasteiger partial charge in [-0.05, 0) is 32.3 Å². The third-order valence-electron chi connectivity index (χ3n) is 2.28. The second-order valence-corrected chi connectivity index (χ2v) is 5.68. The van der Waals surface area contributed by atoms with Crippen LogP contribution in [0.4, 0.5) is 5.00 Å². The molecule has 1 aromatic heterocycles. The summed E-state index contributed by atoms with van der Waals surface area (Å²) in [6, 6.07) is 0. The smallest absolute Gasteiger partial charge is 0.341 e. The first-order valence-electron chi connectivity index (χ1n) is 5.44. The predicted octanol–water partition coefficient (Wildman–Crippen LogP) is 3.33. The number of aryl methyl sites for hydroxylation is 1. The Morgan fingerprint density at radius 3 is 2.31 bits per heavy atom. The SMILES string of the molecule is Cc1sc(N)c(C(=O)OC(C)C)c1C(C)C. The Kier molecular flexibility index (Phi) is 3.97. The Labute approximate surface area is 101 Å². The van der Waals surface area contributed by atoms with Gasteiger partial charge in [-0.1, -0.05) is 13.8 Å². The van der Waals surface area contributed by atoms with E-state index in [9.17, 15) is 4.79 Å². The van der Waals surface area contributed by atoms with Gasteiger partial charge in [0.15, 0.2) is 0 Å². The maximum absolute atomic E-state index is 11.9. The highest BCUT2D eigenvalue weighted by atomic mass is 32.1. The minimum Gasteiger partial charge on any atom is -0.459 e. The summed E-state index contributed by atoms with van der Waals surface area (Å²) in [7, 11) is 0. The zero-order valence-corrected chi connectivity index (χ0v) is 11.3. The molecule has 0 aromatic carbocycles. The van der Waals surface area contributed by atoms with Gasteiger partial charge in [-0.2, -0.15) is 0 Å². The van der Waals surface area contributed by atoms with Crippen LogP contribution in [-0.2, 0) is 4.74 Å². The summed E-state index contributed by atoms with van der Waals surface area (Å²) in [5.41, 5.74) is 7.46. The number of thiophene rings is 1. The monoisotopic (exact) mass is 241 g/mol. The standard InChI is InChI=1S/C12H19NO2S/c1-6(2)9-8(5)16-11(13)10(9)12(14)15-7(3)4/h6-7H,13H2,1-5H3. The van der Waals surface area contributed by atoms with Gasteiger partial charge < -0.3 is 10.5 Å². The van der Waals surface area contributed by atoms with Gasteiger partial charge in [-0.15, -0.1) is 11.3 Å². The number of hydrogen-bond donors (Lipinski definition) is 1. The average Bonchev–Trinajstić information content (AvgIpc) is 2.39. The van der Waals surface area contributed by atoms with Crippen molar-refractivity contribution in [3.8, 4) is 0 Å². The van der Waals surface area contributed by atoms with Gasteiger partial charge in [0.25, 0.3) is 0 Å². The number of ether oxygens (including phenoxy) is 1. The Bertz CT molecular complexity index is 394. The zero-order chi connectivity index (χ0) is 12.5. The van der Waals surface area contributed by atoms with E-state index in [0.717, 1.165) is 10.4 Å². The van der Waals surface area contributed by atoms with Crippen LogP contribution in [0.25, 0.3) is 0 Å². The largest absolute Gasteiger partial charge is 0.459 e. The lowest BCUT2D eigenvalue weighted by atomic mass is 9.99. The van der Waals surface area contributed by atoms with Crippen LogP contribution in [0.3, 0.4) is 0 Å². The van der Waals surface area contributed by atoms with E-state index < -0.39 is 0 Å². The van der Waals surface area contributed by atoms with Crippen molar-refractivity contribution in [2.45, 2.75) is 46.6 Å². The minimum absolute atomic E-state index is 0.118. The zero-order valence-electron chi connectivity index (χ0n) is 10.5. The first kappa shape index (κ1) is 13.0. The van der Waals surface area contributed by atoms with Crippen LogP contribution in [0.2, 0.25) is 0 Å². The quantitative estimate of drug-likeness (QED) is 0.826. The Balaban J connectivity index is 3.16. The van der Waals surface area contributed by atoms with Crippen LogP contribution in [0.1, 0.15) is 54.4 Å². The second kappa shape index (κ2) is 4.87. The van der Waals surface area contributed by atoms with Crippen molar-refractivity contribution in [1.82, 2.24) is 0 Å². The highest BCUT2D eigenvalue weighted by Crippen LogP contribution is 2.35. The third kappa shape index (κ3) is 2.55. The summed E-state index contributed by atoms with van der Waals surface area (Å²) in [6.07, 6.45) is -0.118. The van der Waals surface area contributed by atoms with Gasteiger partial charge in [0, 0.05) is 4.88 Å². The number of carbonyl (C=O) groups excluding carboxylic acids is 1. The van der Waals surface area contributed by atoms with Crippen molar-refractivity contribution in [2.75, 3.05) is 5.73 Å². The third-order valence-corrected chi connectivity index (χ3v) is 3.23. The van der Waals surface area contributed by atoms with E-state index in [1.165, 1.54) is 11.3 Å². The van der Waals surface area contributed by atoms with E-state index >= 15 is 0 Å².